The van der Waals surface area contributed by atoms with Crippen molar-refractivity contribution in [1.29, 1.82) is 0 Å². The molecule has 0 saturated carbocycles. The van der Waals surface area contributed by atoms with Gasteiger partial charge in [0.05, 0.1) is 17.2 Å². The van der Waals surface area contributed by atoms with E-state index in [0.717, 1.165) is 12.0 Å². The van der Waals surface area contributed by atoms with Crippen LogP contribution in [0.4, 0.5) is 0 Å². The van der Waals surface area contributed by atoms with E-state index in [0.29, 0.717) is 17.2 Å². The van der Waals surface area contributed by atoms with Gasteiger partial charge in [-0.15, -0.1) is 0 Å². The molecule has 3 heteroatoms. The van der Waals surface area contributed by atoms with Gasteiger partial charge in [0, 0.05) is 0 Å². The second-order valence-electron chi connectivity index (χ2n) is 3.12. The number of rotatable bonds is 3. The molecule has 0 heterocycles. The zero-order chi connectivity index (χ0) is 10.6. The lowest BCUT2D eigenvalue weighted by Gasteiger charge is -2.05. The van der Waals surface area contributed by atoms with Crippen LogP contribution in [0, 0.1) is 6.92 Å². The number of hydrogen-bond acceptors (Lipinski definition) is 2. The van der Waals surface area contributed by atoms with Gasteiger partial charge in [-0.2, -0.15) is 0 Å². The predicted octanol–water partition coefficient (Wildman–Crippen LogP) is 3.22. The Hall–Kier alpha value is -1.02. The van der Waals surface area contributed by atoms with E-state index in [1.807, 2.05) is 19.9 Å². The van der Waals surface area contributed by atoms with E-state index in [1.165, 1.54) is 0 Å². The third-order valence-electron chi connectivity index (χ3n) is 1.78. The molecule has 14 heavy (non-hydrogen) atoms. The summed E-state index contributed by atoms with van der Waals surface area (Å²) in [6.07, 6.45) is 0.815. The van der Waals surface area contributed by atoms with E-state index < -0.39 is 0 Å². The van der Waals surface area contributed by atoms with E-state index in [9.17, 15) is 4.79 Å². The summed E-state index contributed by atoms with van der Waals surface area (Å²) in [7, 11) is 0. The van der Waals surface area contributed by atoms with Crippen LogP contribution in [0.2, 0.25) is 5.02 Å². The number of ether oxygens (including phenoxy) is 1. The largest absolute Gasteiger partial charge is 0.462 e. The monoisotopic (exact) mass is 212 g/mol. The van der Waals surface area contributed by atoms with Crippen molar-refractivity contribution in [3.63, 3.8) is 0 Å². The third-order valence-corrected chi connectivity index (χ3v) is 2.09. The van der Waals surface area contributed by atoms with Crippen LogP contribution in [0.3, 0.4) is 0 Å². The highest BCUT2D eigenvalue weighted by Crippen LogP contribution is 2.18. The zero-order valence-corrected chi connectivity index (χ0v) is 9.10. The number of aryl methyl sites for hydroxylation is 1. The highest BCUT2D eigenvalue weighted by atomic mass is 35.5. The van der Waals surface area contributed by atoms with Gasteiger partial charge in [0.25, 0.3) is 0 Å². The number of halogens is 1. The highest BCUT2D eigenvalue weighted by Gasteiger charge is 2.10. The lowest BCUT2D eigenvalue weighted by Crippen LogP contribution is -2.06. The molecular weight excluding hydrogens is 200 g/mol. The highest BCUT2D eigenvalue weighted by molar-refractivity contribution is 6.33. The second kappa shape index (κ2) is 5.01. The molecular formula is C11H13ClO2. The fraction of sp³-hybridized carbons (Fsp3) is 0.364. The molecule has 0 amide bonds. The molecule has 0 aliphatic heterocycles. The van der Waals surface area contributed by atoms with E-state index in [-0.39, 0.29) is 5.97 Å². The van der Waals surface area contributed by atoms with Gasteiger partial charge >= 0.3 is 5.97 Å². The quantitative estimate of drug-likeness (QED) is 0.720. The van der Waals surface area contributed by atoms with Crippen molar-refractivity contribution in [2.45, 2.75) is 20.3 Å². The molecule has 0 radical (unpaired) electrons. The lowest BCUT2D eigenvalue weighted by atomic mass is 10.1. The minimum atomic E-state index is -0.350. The molecule has 0 bridgehead atoms. The topological polar surface area (TPSA) is 26.3 Å². The van der Waals surface area contributed by atoms with Gasteiger partial charge in [-0.1, -0.05) is 24.6 Å². The van der Waals surface area contributed by atoms with Crippen molar-refractivity contribution in [3.05, 3.63) is 34.3 Å². The van der Waals surface area contributed by atoms with Gasteiger partial charge in [0.1, 0.15) is 0 Å². The lowest BCUT2D eigenvalue weighted by molar-refractivity contribution is 0.0505. The normalized spacial score (nSPS) is 9.93. The van der Waals surface area contributed by atoms with Crippen LogP contribution >= 0.6 is 11.6 Å². The van der Waals surface area contributed by atoms with Gasteiger partial charge in [-0.05, 0) is 31.0 Å². The van der Waals surface area contributed by atoms with Crippen LogP contribution in [-0.4, -0.2) is 12.6 Å². The Morgan fingerprint density at radius 2 is 2.21 bits per heavy atom. The van der Waals surface area contributed by atoms with E-state index in [1.54, 1.807) is 12.1 Å². The maximum absolute atomic E-state index is 11.4. The van der Waals surface area contributed by atoms with E-state index in [4.69, 9.17) is 16.3 Å². The summed E-state index contributed by atoms with van der Waals surface area (Å²) < 4.78 is 4.97. The number of benzene rings is 1. The van der Waals surface area contributed by atoms with Gasteiger partial charge in [0.15, 0.2) is 0 Å². The fourth-order valence-corrected chi connectivity index (χ4v) is 1.37. The standard InChI is InChI=1S/C11H13ClO2/c1-3-6-14-11(13)9-5-4-8(2)7-10(9)12/h4-5,7H,3,6H2,1-2H3. The van der Waals surface area contributed by atoms with Crippen LogP contribution < -0.4 is 0 Å². The first-order valence-corrected chi connectivity index (χ1v) is 4.96. The SMILES string of the molecule is CCCOC(=O)c1ccc(C)cc1Cl. The Morgan fingerprint density at radius 1 is 1.50 bits per heavy atom. The van der Waals surface area contributed by atoms with Crippen LogP contribution in [0.1, 0.15) is 29.3 Å². The molecule has 0 unspecified atom stereocenters. The van der Waals surface area contributed by atoms with Crippen LogP contribution in [-0.2, 0) is 4.74 Å². The summed E-state index contributed by atoms with van der Waals surface area (Å²) in [6.45, 7) is 4.31. The number of esters is 1. The molecule has 0 aromatic heterocycles. The summed E-state index contributed by atoms with van der Waals surface area (Å²) in [5.41, 5.74) is 1.47. The van der Waals surface area contributed by atoms with Crippen molar-refractivity contribution in [2.24, 2.45) is 0 Å². The Bertz CT molecular complexity index is 334. The fourth-order valence-electron chi connectivity index (χ4n) is 1.06. The Kier molecular flexibility index (Phi) is 3.96. The first-order chi connectivity index (χ1) is 6.65. The van der Waals surface area contributed by atoms with E-state index in [2.05, 4.69) is 0 Å². The number of carbonyl (C=O) groups is 1. The Labute approximate surface area is 88.8 Å². The van der Waals surface area contributed by atoms with Gasteiger partial charge in [0.2, 0.25) is 0 Å². The first-order valence-electron chi connectivity index (χ1n) is 4.58. The third kappa shape index (κ3) is 2.74. The minimum Gasteiger partial charge on any atom is -0.462 e. The van der Waals surface area contributed by atoms with Crippen molar-refractivity contribution in [2.75, 3.05) is 6.61 Å². The van der Waals surface area contributed by atoms with Crippen molar-refractivity contribution >= 4 is 17.6 Å². The molecule has 0 atom stereocenters. The maximum Gasteiger partial charge on any atom is 0.339 e. The molecule has 0 fully saturated rings. The van der Waals surface area contributed by atoms with Crippen LogP contribution in [0.15, 0.2) is 18.2 Å². The molecule has 1 rings (SSSR count). The van der Waals surface area contributed by atoms with Crippen molar-refractivity contribution < 1.29 is 9.53 Å². The predicted molar refractivity (Wildman–Crippen MR) is 56.8 cm³/mol. The average Bonchev–Trinajstić information content (AvgIpc) is 2.14. The molecule has 1 aromatic rings. The van der Waals surface area contributed by atoms with Gasteiger partial charge in [-0.25, -0.2) is 4.79 Å². The summed E-state index contributed by atoms with van der Waals surface area (Å²) in [6, 6.07) is 5.29. The zero-order valence-electron chi connectivity index (χ0n) is 8.34. The van der Waals surface area contributed by atoms with E-state index >= 15 is 0 Å². The maximum atomic E-state index is 11.4. The van der Waals surface area contributed by atoms with Crippen molar-refractivity contribution in [1.82, 2.24) is 0 Å². The summed E-state index contributed by atoms with van der Waals surface area (Å²) >= 11 is 5.90. The molecule has 0 saturated heterocycles. The van der Waals surface area contributed by atoms with Gasteiger partial charge in [-0.3, -0.25) is 0 Å². The molecule has 1 aromatic carbocycles. The average molecular weight is 213 g/mol. The minimum absolute atomic E-state index is 0.350. The Morgan fingerprint density at radius 3 is 2.79 bits per heavy atom. The smallest absolute Gasteiger partial charge is 0.339 e. The first kappa shape index (κ1) is 11.1. The number of hydrogen-bond donors (Lipinski definition) is 0. The summed E-state index contributed by atoms with van der Waals surface area (Å²) in [5, 5.41) is 0.450. The second-order valence-corrected chi connectivity index (χ2v) is 3.53. The molecule has 0 aliphatic carbocycles. The van der Waals surface area contributed by atoms with Crippen molar-refractivity contribution in [3.8, 4) is 0 Å². The molecule has 0 spiro atoms. The molecule has 2 nitrogen and oxygen atoms in total. The molecule has 0 N–H and O–H groups in total. The summed E-state index contributed by atoms with van der Waals surface area (Å²) in [4.78, 5) is 11.4. The summed E-state index contributed by atoms with van der Waals surface area (Å²) in [5.74, 6) is -0.350. The Balaban J connectivity index is 2.80. The van der Waals surface area contributed by atoms with Gasteiger partial charge < -0.3 is 4.74 Å². The molecule has 76 valence electrons. The number of carbonyl (C=O) groups excluding carboxylic acids is 1. The van der Waals surface area contributed by atoms with Crippen LogP contribution in [0.5, 0.6) is 0 Å². The molecule has 0 aliphatic rings. The van der Waals surface area contributed by atoms with Crippen LogP contribution in [0.25, 0.3) is 0 Å².